The average Bonchev–Trinajstić information content (AvgIpc) is 2.69. The second kappa shape index (κ2) is 10.3. The van der Waals surface area contributed by atoms with Crippen LogP contribution in [-0.2, 0) is 16.1 Å². The van der Waals surface area contributed by atoms with Gasteiger partial charge in [0, 0.05) is 19.2 Å². The number of ether oxygens (including phenoxy) is 3. The molecule has 0 aromatic heterocycles. The van der Waals surface area contributed by atoms with Crippen LogP contribution in [0.5, 0.6) is 11.5 Å². The number of halogens is 1. The lowest BCUT2D eigenvalue weighted by atomic mass is 10.2. The van der Waals surface area contributed by atoms with E-state index in [1.807, 2.05) is 13.8 Å². The summed E-state index contributed by atoms with van der Waals surface area (Å²) in [5.41, 5.74) is 0.633. The Bertz CT molecular complexity index is 824. The topological polar surface area (TPSA) is 65.1 Å². The van der Waals surface area contributed by atoms with Crippen molar-refractivity contribution in [2.24, 2.45) is 0 Å². The first-order valence-corrected chi connectivity index (χ1v) is 9.00. The third-order valence-corrected chi connectivity index (χ3v) is 3.90. The third kappa shape index (κ3) is 5.70. The largest absolute Gasteiger partial charge is 0.490 e. The Kier molecular flexibility index (Phi) is 7.80. The molecule has 2 aromatic carbocycles. The molecule has 2 aromatic rings. The first-order chi connectivity index (χ1) is 13.5. The smallest absolute Gasteiger partial charge is 0.338 e. The Labute approximate surface area is 163 Å². The quantitative estimate of drug-likeness (QED) is 0.615. The molecule has 0 aliphatic rings. The number of benzene rings is 2. The number of hydrogen-bond acceptors (Lipinski definition) is 5. The fourth-order valence-corrected chi connectivity index (χ4v) is 2.47. The van der Waals surface area contributed by atoms with Crippen molar-refractivity contribution in [1.82, 2.24) is 4.90 Å². The molecule has 0 bridgehead atoms. The lowest BCUT2D eigenvalue weighted by Gasteiger charge is -2.17. The van der Waals surface area contributed by atoms with Gasteiger partial charge in [-0.3, -0.25) is 4.79 Å². The molecular formula is C21H24FNO5. The van der Waals surface area contributed by atoms with Gasteiger partial charge in [0.1, 0.15) is 5.82 Å². The van der Waals surface area contributed by atoms with Gasteiger partial charge in [-0.25, -0.2) is 9.18 Å². The zero-order valence-electron chi connectivity index (χ0n) is 16.2. The van der Waals surface area contributed by atoms with Crippen molar-refractivity contribution >= 4 is 11.9 Å². The van der Waals surface area contributed by atoms with Crippen LogP contribution in [0.4, 0.5) is 4.39 Å². The van der Waals surface area contributed by atoms with Crippen LogP contribution in [0, 0.1) is 5.82 Å². The van der Waals surface area contributed by atoms with E-state index in [4.69, 9.17) is 14.2 Å². The number of amides is 1. The van der Waals surface area contributed by atoms with Gasteiger partial charge in [-0.2, -0.15) is 0 Å². The van der Waals surface area contributed by atoms with Crippen molar-refractivity contribution < 1.29 is 28.2 Å². The number of carbonyl (C=O) groups is 2. The van der Waals surface area contributed by atoms with Gasteiger partial charge in [-0.1, -0.05) is 18.2 Å². The minimum atomic E-state index is -0.656. The molecule has 0 unspecified atom stereocenters. The molecule has 0 saturated carbocycles. The van der Waals surface area contributed by atoms with Gasteiger partial charge in [-0.05, 0) is 38.1 Å². The summed E-state index contributed by atoms with van der Waals surface area (Å²) in [6.07, 6.45) is 0. The highest BCUT2D eigenvalue weighted by Gasteiger charge is 2.17. The van der Waals surface area contributed by atoms with Crippen molar-refractivity contribution in [1.29, 1.82) is 0 Å². The zero-order valence-corrected chi connectivity index (χ0v) is 16.2. The molecule has 28 heavy (non-hydrogen) atoms. The molecule has 2 rings (SSSR count). The summed E-state index contributed by atoms with van der Waals surface area (Å²) >= 11 is 0. The lowest BCUT2D eigenvalue weighted by molar-refractivity contribution is -0.133. The van der Waals surface area contributed by atoms with E-state index in [0.717, 1.165) is 0 Å². The Morgan fingerprint density at radius 1 is 1.00 bits per heavy atom. The molecular weight excluding hydrogens is 365 g/mol. The Morgan fingerprint density at radius 3 is 2.36 bits per heavy atom. The highest BCUT2D eigenvalue weighted by atomic mass is 19.1. The van der Waals surface area contributed by atoms with E-state index in [1.165, 1.54) is 24.1 Å². The van der Waals surface area contributed by atoms with Crippen LogP contribution < -0.4 is 9.47 Å². The maximum absolute atomic E-state index is 13.7. The molecule has 0 atom stereocenters. The maximum atomic E-state index is 13.7. The predicted molar refractivity (Wildman–Crippen MR) is 102 cm³/mol. The molecule has 0 saturated heterocycles. The highest BCUT2D eigenvalue weighted by molar-refractivity contribution is 5.92. The molecule has 0 radical (unpaired) electrons. The average molecular weight is 389 g/mol. The molecule has 0 fully saturated rings. The summed E-state index contributed by atoms with van der Waals surface area (Å²) in [6.45, 7) is 4.19. The van der Waals surface area contributed by atoms with Gasteiger partial charge in [-0.15, -0.1) is 0 Å². The van der Waals surface area contributed by atoms with Crippen molar-refractivity contribution in [2.45, 2.75) is 20.4 Å². The predicted octanol–water partition coefficient (Wildman–Crippen LogP) is 3.44. The molecule has 7 heteroatoms. The number of rotatable bonds is 9. The lowest BCUT2D eigenvalue weighted by Crippen LogP contribution is -2.31. The molecule has 0 aliphatic carbocycles. The SMILES string of the molecule is CCOc1ccc(C(=O)OCC(=O)N(C)Cc2ccccc2F)cc1OCC. The summed E-state index contributed by atoms with van der Waals surface area (Å²) in [5.74, 6) is -0.524. The molecule has 0 aliphatic heterocycles. The van der Waals surface area contributed by atoms with Crippen LogP contribution in [0.25, 0.3) is 0 Å². The highest BCUT2D eigenvalue weighted by Crippen LogP contribution is 2.28. The van der Waals surface area contributed by atoms with Gasteiger partial charge in [0.15, 0.2) is 18.1 Å². The van der Waals surface area contributed by atoms with Crippen molar-refractivity contribution in [3.05, 3.63) is 59.4 Å². The van der Waals surface area contributed by atoms with Crippen molar-refractivity contribution in [3.63, 3.8) is 0 Å². The second-order valence-corrected chi connectivity index (χ2v) is 5.94. The molecule has 1 amide bonds. The van der Waals surface area contributed by atoms with Crippen LogP contribution in [-0.4, -0.2) is 43.6 Å². The summed E-state index contributed by atoms with van der Waals surface area (Å²) in [7, 11) is 1.52. The molecule has 0 N–H and O–H groups in total. The zero-order chi connectivity index (χ0) is 20.5. The van der Waals surface area contributed by atoms with Gasteiger partial charge in [0.2, 0.25) is 0 Å². The summed E-state index contributed by atoms with van der Waals surface area (Å²) in [4.78, 5) is 25.7. The number of hydrogen-bond donors (Lipinski definition) is 0. The fraction of sp³-hybridized carbons (Fsp3) is 0.333. The van der Waals surface area contributed by atoms with E-state index >= 15 is 0 Å². The Morgan fingerprint density at radius 2 is 1.68 bits per heavy atom. The number of esters is 1. The van der Waals surface area contributed by atoms with E-state index in [0.29, 0.717) is 30.3 Å². The molecule has 150 valence electrons. The van der Waals surface area contributed by atoms with Crippen LogP contribution in [0.1, 0.15) is 29.8 Å². The Balaban J connectivity index is 1.96. The minimum Gasteiger partial charge on any atom is -0.490 e. The van der Waals surface area contributed by atoms with Crippen molar-refractivity contribution in [2.75, 3.05) is 26.9 Å². The van der Waals surface area contributed by atoms with Gasteiger partial charge in [0.25, 0.3) is 5.91 Å². The van der Waals surface area contributed by atoms with E-state index in [2.05, 4.69) is 0 Å². The fourth-order valence-electron chi connectivity index (χ4n) is 2.47. The normalized spacial score (nSPS) is 10.3. The number of carbonyl (C=O) groups excluding carboxylic acids is 2. The van der Waals surface area contributed by atoms with Crippen LogP contribution in [0.3, 0.4) is 0 Å². The standard InChI is InChI=1S/C21H24FNO5/c1-4-26-18-11-10-15(12-19(18)27-5-2)21(25)28-14-20(24)23(3)13-16-8-6-7-9-17(16)22/h6-12H,4-5,13-14H2,1-3H3. The first kappa shape index (κ1) is 21.2. The minimum absolute atomic E-state index is 0.0839. The first-order valence-electron chi connectivity index (χ1n) is 9.00. The monoisotopic (exact) mass is 389 g/mol. The van der Waals surface area contributed by atoms with Crippen LogP contribution >= 0.6 is 0 Å². The third-order valence-electron chi connectivity index (χ3n) is 3.90. The summed E-state index contributed by atoms with van der Waals surface area (Å²) in [6, 6.07) is 10.9. The van der Waals surface area contributed by atoms with Crippen molar-refractivity contribution in [3.8, 4) is 11.5 Å². The van der Waals surface area contributed by atoms with E-state index in [-0.39, 0.29) is 12.1 Å². The summed E-state index contributed by atoms with van der Waals surface area (Å²) in [5, 5.41) is 0. The van der Waals surface area contributed by atoms with Gasteiger partial charge >= 0.3 is 5.97 Å². The van der Waals surface area contributed by atoms with Crippen LogP contribution in [0.2, 0.25) is 0 Å². The van der Waals surface area contributed by atoms with Crippen LogP contribution in [0.15, 0.2) is 42.5 Å². The second-order valence-electron chi connectivity index (χ2n) is 5.94. The molecule has 0 heterocycles. The van der Waals surface area contributed by atoms with E-state index in [9.17, 15) is 14.0 Å². The molecule has 0 spiro atoms. The van der Waals surface area contributed by atoms with E-state index < -0.39 is 24.3 Å². The molecule has 6 nitrogen and oxygen atoms in total. The maximum Gasteiger partial charge on any atom is 0.338 e. The number of nitrogens with zero attached hydrogens (tertiary/aromatic N) is 1. The number of likely N-dealkylation sites (N-methyl/N-ethyl adjacent to an activating group) is 1. The van der Waals surface area contributed by atoms with Gasteiger partial charge in [0.05, 0.1) is 18.8 Å². The van der Waals surface area contributed by atoms with Gasteiger partial charge < -0.3 is 19.1 Å². The summed E-state index contributed by atoms with van der Waals surface area (Å²) < 4.78 is 29.7. The Hall–Kier alpha value is -3.09. The van der Waals surface area contributed by atoms with E-state index in [1.54, 1.807) is 30.3 Å².